The maximum Gasteiger partial charge on any atom is 0.222 e. The van der Waals surface area contributed by atoms with Gasteiger partial charge in [-0.3, -0.25) is 4.79 Å². The van der Waals surface area contributed by atoms with Crippen LogP contribution in [0.4, 0.5) is 0 Å². The Bertz CT molecular complexity index is 225. The number of nitrogens with zero attached hydrogens (tertiary/aromatic N) is 1. The van der Waals surface area contributed by atoms with E-state index in [1.165, 1.54) is 19.3 Å². The fraction of sp³-hybridized carbons (Fsp3) is 0.923. The molecule has 100 valence electrons. The number of aliphatic hydroxyl groups is 2. The zero-order valence-electron chi connectivity index (χ0n) is 10.8. The Kier molecular flexibility index (Phi) is 6.52. The summed E-state index contributed by atoms with van der Waals surface area (Å²) < 4.78 is 0. The molecular formula is C13H25NO3. The van der Waals surface area contributed by atoms with E-state index in [-0.39, 0.29) is 12.5 Å². The van der Waals surface area contributed by atoms with Crippen LogP contribution in [0.2, 0.25) is 0 Å². The summed E-state index contributed by atoms with van der Waals surface area (Å²) >= 11 is 0. The van der Waals surface area contributed by atoms with E-state index in [9.17, 15) is 9.90 Å². The third kappa shape index (κ3) is 5.04. The van der Waals surface area contributed by atoms with Gasteiger partial charge in [-0.1, -0.05) is 19.3 Å². The van der Waals surface area contributed by atoms with Crippen molar-refractivity contribution < 1.29 is 15.0 Å². The van der Waals surface area contributed by atoms with E-state index in [4.69, 9.17) is 5.11 Å². The monoisotopic (exact) mass is 243 g/mol. The van der Waals surface area contributed by atoms with Crippen LogP contribution < -0.4 is 0 Å². The van der Waals surface area contributed by atoms with E-state index >= 15 is 0 Å². The second kappa shape index (κ2) is 7.67. The maximum absolute atomic E-state index is 12.0. The van der Waals surface area contributed by atoms with Crippen LogP contribution in [0.15, 0.2) is 0 Å². The zero-order valence-corrected chi connectivity index (χ0v) is 10.8. The molecule has 4 heteroatoms. The average Bonchev–Trinajstić information content (AvgIpc) is 2.34. The molecular weight excluding hydrogens is 218 g/mol. The lowest BCUT2D eigenvalue weighted by Crippen LogP contribution is -2.43. The lowest BCUT2D eigenvalue weighted by Gasteiger charge is -2.34. The fourth-order valence-corrected chi connectivity index (χ4v) is 2.49. The third-order valence-corrected chi connectivity index (χ3v) is 3.45. The molecule has 0 heterocycles. The van der Waals surface area contributed by atoms with Crippen LogP contribution in [0.3, 0.4) is 0 Å². The first-order valence-corrected chi connectivity index (χ1v) is 6.73. The highest BCUT2D eigenvalue weighted by molar-refractivity contribution is 5.76. The molecule has 1 aliphatic carbocycles. The Morgan fingerprint density at radius 2 is 2.00 bits per heavy atom. The van der Waals surface area contributed by atoms with E-state index in [0.717, 1.165) is 12.8 Å². The topological polar surface area (TPSA) is 60.8 Å². The van der Waals surface area contributed by atoms with Crippen molar-refractivity contribution in [1.29, 1.82) is 0 Å². The first-order chi connectivity index (χ1) is 8.15. The first kappa shape index (κ1) is 14.5. The first-order valence-electron chi connectivity index (χ1n) is 6.73. The highest BCUT2D eigenvalue weighted by atomic mass is 16.3. The molecule has 1 fully saturated rings. The van der Waals surface area contributed by atoms with Gasteiger partial charge in [0.2, 0.25) is 5.91 Å². The van der Waals surface area contributed by atoms with Gasteiger partial charge in [-0.25, -0.2) is 0 Å². The van der Waals surface area contributed by atoms with Crippen molar-refractivity contribution in [1.82, 2.24) is 4.90 Å². The lowest BCUT2D eigenvalue weighted by atomic mass is 9.94. The fourth-order valence-electron chi connectivity index (χ4n) is 2.49. The van der Waals surface area contributed by atoms with Gasteiger partial charge in [0.05, 0.1) is 12.7 Å². The maximum atomic E-state index is 12.0. The summed E-state index contributed by atoms with van der Waals surface area (Å²) in [6, 6.07) is 0.303. The van der Waals surface area contributed by atoms with Gasteiger partial charge in [-0.05, 0) is 26.2 Å². The minimum Gasteiger partial charge on any atom is -0.395 e. The van der Waals surface area contributed by atoms with Gasteiger partial charge in [0.1, 0.15) is 0 Å². The quantitative estimate of drug-likeness (QED) is 0.739. The van der Waals surface area contributed by atoms with Crippen molar-refractivity contribution in [2.45, 2.75) is 64.0 Å². The second-order valence-corrected chi connectivity index (χ2v) is 4.99. The Labute approximate surface area is 104 Å². The van der Waals surface area contributed by atoms with Gasteiger partial charge in [0, 0.05) is 19.0 Å². The molecule has 0 aromatic carbocycles. The van der Waals surface area contributed by atoms with Gasteiger partial charge >= 0.3 is 0 Å². The van der Waals surface area contributed by atoms with Crippen LogP contribution in [0.5, 0.6) is 0 Å². The molecule has 0 aromatic heterocycles. The summed E-state index contributed by atoms with van der Waals surface area (Å²) in [7, 11) is 0. The van der Waals surface area contributed by atoms with Gasteiger partial charge in [-0.2, -0.15) is 0 Å². The summed E-state index contributed by atoms with van der Waals surface area (Å²) in [5.74, 6) is 0.0758. The molecule has 0 spiro atoms. The molecule has 1 aliphatic rings. The number of carbonyl (C=O) groups excluding carboxylic acids is 1. The summed E-state index contributed by atoms with van der Waals surface area (Å²) in [4.78, 5) is 13.9. The van der Waals surface area contributed by atoms with Gasteiger partial charge < -0.3 is 15.1 Å². The number of amides is 1. The van der Waals surface area contributed by atoms with E-state index in [2.05, 4.69) is 0 Å². The SMILES string of the molecule is CC(O)CCC(=O)N(CCO)C1CCCCC1. The van der Waals surface area contributed by atoms with Crippen molar-refractivity contribution in [3.8, 4) is 0 Å². The Balaban J connectivity index is 2.47. The number of carbonyl (C=O) groups is 1. The molecule has 4 nitrogen and oxygen atoms in total. The summed E-state index contributed by atoms with van der Waals surface area (Å²) in [6.45, 7) is 2.16. The summed E-state index contributed by atoms with van der Waals surface area (Å²) in [5, 5.41) is 18.3. The van der Waals surface area contributed by atoms with Gasteiger partial charge in [-0.15, -0.1) is 0 Å². The van der Waals surface area contributed by atoms with Crippen LogP contribution in [0.25, 0.3) is 0 Å². The molecule has 0 saturated heterocycles. The Hall–Kier alpha value is -0.610. The normalized spacial score (nSPS) is 19.0. The largest absolute Gasteiger partial charge is 0.395 e. The van der Waals surface area contributed by atoms with Crippen molar-refractivity contribution in [3.63, 3.8) is 0 Å². The molecule has 1 rings (SSSR count). The van der Waals surface area contributed by atoms with Crippen LogP contribution in [0.1, 0.15) is 51.9 Å². The van der Waals surface area contributed by atoms with Crippen LogP contribution in [-0.4, -0.2) is 46.3 Å². The standard InChI is InChI=1S/C13H25NO3/c1-11(16)7-8-13(17)14(9-10-15)12-5-3-2-4-6-12/h11-12,15-16H,2-10H2,1H3. The molecule has 0 bridgehead atoms. The summed E-state index contributed by atoms with van der Waals surface area (Å²) in [5.41, 5.74) is 0. The molecule has 1 amide bonds. The molecule has 2 N–H and O–H groups in total. The minimum atomic E-state index is -0.429. The Morgan fingerprint density at radius 3 is 2.53 bits per heavy atom. The van der Waals surface area contributed by atoms with Gasteiger partial charge in [0.25, 0.3) is 0 Å². The predicted molar refractivity (Wildman–Crippen MR) is 66.6 cm³/mol. The van der Waals surface area contributed by atoms with Crippen molar-refractivity contribution in [2.75, 3.05) is 13.2 Å². The van der Waals surface area contributed by atoms with Crippen LogP contribution in [0, 0.1) is 0 Å². The Morgan fingerprint density at radius 1 is 1.35 bits per heavy atom. The van der Waals surface area contributed by atoms with Crippen LogP contribution in [-0.2, 0) is 4.79 Å². The van der Waals surface area contributed by atoms with Crippen molar-refractivity contribution in [3.05, 3.63) is 0 Å². The van der Waals surface area contributed by atoms with Crippen molar-refractivity contribution in [2.24, 2.45) is 0 Å². The van der Waals surface area contributed by atoms with Crippen molar-refractivity contribution >= 4 is 5.91 Å². The number of rotatable bonds is 6. The van der Waals surface area contributed by atoms with E-state index < -0.39 is 6.10 Å². The molecule has 0 aromatic rings. The van der Waals surface area contributed by atoms with E-state index in [1.807, 2.05) is 4.90 Å². The average molecular weight is 243 g/mol. The zero-order chi connectivity index (χ0) is 12.7. The smallest absolute Gasteiger partial charge is 0.222 e. The number of hydrogen-bond donors (Lipinski definition) is 2. The molecule has 1 atom stereocenters. The summed E-state index contributed by atoms with van der Waals surface area (Å²) in [6.07, 6.45) is 6.18. The van der Waals surface area contributed by atoms with E-state index in [0.29, 0.717) is 25.4 Å². The molecule has 1 saturated carbocycles. The molecule has 0 aliphatic heterocycles. The molecule has 0 radical (unpaired) electrons. The third-order valence-electron chi connectivity index (χ3n) is 3.45. The second-order valence-electron chi connectivity index (χ2n) is 4.99. The predicted octanol–water partition coefficient (Wildman–Crippen LogP) is 1.30. The van der Waals surface area contributed by atoms with Crippen LogP contribution >= 0.6 is 0 Å². The lowest BCUT2D eigenvalue weighted by molar-refractivity contribution is -0.135. The molecule has 17 heavy (non-hydrogen) atoms. The molecule has 1 unspecified atom stereocenters. The van der Waals surface area contributed by atoms with E-state index in [1.54, 1.807) is 6.92 Å². The number of hydrogen-bond acceptors (Lipinski definition) is 3. The minimum absolute atomic E-state index is 0.0247. The number of aliphatic hydroxyl groups excluding tert-OH is 2. The van der Waals surface area contributed by atoms with Gasteiger partial charge in [0.15, 0.2) is 0 Å². The highest BCUT2D eigenvalue weighted by Crippen LogP contribution is 2.23. The highest BCUT2D eigenvalue weighted by Gasteiger charge is 2.24.